The van der Waals surface area contributed by atoms with Crippen molar-refractivity contribution in [3.63, 3.8) is 0 Å². The number of carbonyl (C=O) groups is 3. The second-order valence-electron chi connectivity index (χ2n) is 6.10. The summed E-state index contributed by atoms with van der Waals surface area (Å²) in [6, 6.07) is -0.104. The zero-order valence-electron chi connectivity index (χ0n) is 14.8. The van der Waals surface area contributed by atoms with Crippen LogP contribution in [-0.4, -0.2) is 72.0 Å². The molecule has 2 aliphatic rings. The first-order valence-electron chi connectivity index (χ1n) is 8.34. The fourth-order valence-corrected chi connectivity index (χ4v) is 3.40. The molecule has 2 aliphatic heterocycles. The van der Waals surface area contributed by atoms with Crippen LogP contribution in [0.3, 0.4) is 0 Å². The maximum atomic E-state index is 11.9. The Morgan fingerprint density at radius 2 is 1.54 bits per heavy atom. The third-order valence-corrected chi connectivity index (χ3v) is 4.21. The van der Waals surface area contributed by atoms with E-state index in [0.717, 1.165) is 0 Å². The molecule has 2 atom stereocenters. The molecule has 2 fully saturated rings. The highest BCUT2D eigenvalue weighted by Crippen LogP contribution is 2.36. The van der Waals surface area contributed by atoms with E-state index < -0.39 is 10.4 Å². The van der Waals surface area contributed by atoms with Gasteiger partial charge < -0.3 is 9.47 Å². The second-order valence-corrected chi connectivity index (χ2v) is 7.00. The van der Waals surface area contributed by atoms with Crippen molar-refractivity contribution in [3.8, 4) is 0 Å². The third kappa shape index (κ3) is 7.77. The molecule has 2 N–H and O–H groups in total. The van der Waals surface area contributed by atoms with Crippen LogP contribution in [0.25, 0.3) is 0 Å². The molecule has 0 aromatic carbocycles. The van der Waals surface area contributed by atoms with Crippen LogP contribution in [0, 0.1) is 5.92 Å². The van der Waals surface area contributed by atoms with Gasteiger partial charge in [0.1, 0.15) is 5.78 Å². The first-order chi connectivity index (χ1) is 12.0. The van der Waals surface area contributed by atoms with Gasteiger partial charge in [-0.05, 0) is 26.7 Å². The van der Waals surface area contributed by atoms with E-state index in [2.05, 4.69) is 0 Å². The molecule has 11 heteroatoms. The van der Waals surface area contributed by atoms with E-state index in [1.54, 1.807) is 13.8 Å². The molecule has 10 nitrogen and oxygen atoms in total. The number of rotatable bonds is 5. The summed E-state index contributed by atoms with van der Waals surface area (Å²) in [5.41, 5.74) is 0. The van der Waals surface area contributed by atoms with Crippen LogP contribution in [0.1, 0.15) is 39.5 Å². The number of carbonyl (C=O) groups excluding carboxylic acids is 3. The van der Waals surface area contributed by atoms with Gasteiger partial charge in [-0.2, -0.15) is 8.42 Å². The maximum absolute atomic E-state index is 11.9. The normalized spacial score (nSPS) is 25.7. The van der Waals surface area contributed by atoms with Crippen LogP contribution in [-0.2, 0) is 34.3 Å². The quantitative estimate of drug-likeness (QED) is 0.491. The number of Topliss-reactive ketones (excluding diaryl/α,β-unsaturated/α-hetero) is 1. The summed E-state index contributed by atoms with van der Waals surface area (Å²) in [4.78, 5) is 37.4. The van der Waals surface area contributed by atoms with Gasteiger partial charge in [-0.15, -0.1) is 0 Å². The summed E-state index contributed by atoms with van der Waals surface area (Å²) in [7, 11) is -4.67. The van der Waals surface area contributed by atoms with Crippen molar-refractivity contribution in [2.45, 2.75) is 51.6 Å². The number of hydrogen-bond acceptors (Lipinski definition) is 8. The van der Waals surface area contributed by atoms with Gasteiger partial charge >= 0.3 is 22.3 Å². The zero-order chi connectivity index (χ0) is 19.9. The number of esters is 2. The lowest BCUT2D eigenvalue weighted by Crippen LogP contribution is -2.57. The molecule has 0 saturated carbocycles. The minimum atomic E-state index is -4.67. The van der Waals surface area contributed by atoms with Crippen molar-refractivity contribution in [3.05, 3.63) is 0 Å². The molecule has 0 aliphatic carbocycles. The first-order valence-corrected chi connectivity index (χ1v) is 9.74. The Kier molecular flexibility index (Phi) is 8.60. The highest BCUT2D eigenvalue weighted by Gasteiger charge is 2.44. The van der Waals surface area contributed by atoms with E-state index in [1.165, 1.54) is 0 Å². The van der Waals surface area contributed by atoms with Crippen LogP contribution >= 0.6 is 0 Å². The summed E-state index contributed by atoms with van der Waals surface area (Å²) in [5, 5.41) is 0. The highest BCUT2D eigenvalue weighted by atomic mass is 32.3. The molecule has 0 aromatic heterocycles. The van der Waals surface area contributed by atoms with Crippen molar-refractivity contribution in [2.75, 3.05) is 19.8 Å². The zero-order valence-corrected chi connectivity index (χ0v) is 15.6. The molecule has 150 valence electrons. The number of fused-ring (bicyclic) bond motifs is 2. The number of nitrogens with zero attached hydrogens (tertiary/aromatic N) is 1. The summed E-state index contributed by atoms with van der Waals surface area (Å²) in [5.74, 6) is -0.395. The molecule has 2 bridgehead atoms. The Hall–Kier alpha value is -1.56. The van der Waals surface area contributed by atoms with Gasteiger partial charge in [0.05, 0.1) is 25.7 Å². The van der Waals surface area contributed by atoms with Crippen LogP contribution in [0.15, 0.2) is 0 Å². The monoisotopic (exact) mass is 395 g/mol. The SMILES string of the molecule is CCOC(=O)CN1C2CC(=O)CC1CC(C(=O)OCC)C2.O=S(=O)(O)O. The van der Waals surface area contributed by atoms with E-state index in [0.29, 0.717) is 38.9 Å². The van der Waals surface area contributed by atoms with Gasteiger partial charge in [0.2, 0.25) is 0 Å². The van der Waals surface area contributed by atoms with Crippen LogP contribution in [0.5, 0.6) is 0 Å². The Labute approximate surface area is 152 Å². The van der Waals surface area contributed by atoms with E-state index in [4.69, 9.17) is 27.0 Å². The predicted octanol–water partition coefficient (Wildman–Crippen LogP) is 0.272. The van der Waals surface area contributed by atoms with Crippen LogP contribution in [0.4, 0.5) is 0 Å². The van der Waals surface area contributed by atoms with Crippen LogP contribution < -0.4 is 0 Å². The summed E-state index contributed by atoms with van der Waals surface area (Å²) >= 11 is 0. The fourth-order valence-electron chi connectivity index (χ4n) is 3.40. The maximum Gasteiger partial charge on any atom is 0.394 e. The average molecular weight is 395 g/mol. The minimum absolute atomic E-state index is 0.0520. The lowest BCUT2D eigenvalue weighted by Gasteiger charge is -2.46. The molecule has 2 unspecified atom stereocenters. The second kappa shape index (κ2) is 9.95. The molecule has 0 radical (unpaired) electrons. The highest BCUT2D eigenvalue weighted by molar-refractivity contribution is 7.79. The molecular formula is C15H25NO9S. The molecule has 2 heterocycles. The molecule has 2 rings (SSSR count). The van der Waals surface area contributed by atoms with E-state index in [-0.39, 0.29) is 42.3 Å². The molecule has 26 heavy (non-hydrogen) atoms. The Bertz CT molecular complexity index is 593. The summed E-state index contributed by atoms with van der Waals surface area (Å²) in [6.45, 7) is 4.49. The lowest BCUT2D eigenvalue weighted by molar-refractivity contribution is -0.157. The van der Waals surface area contributed by atoms with Crippen molar-refractivity contribution >= 4 is 28.1 Å². The smallest absolute Gasteiger partial charge is 0.394 e. The van der Waals surface area contributed by atoms with Crippen LogP contribution in [0.2, 0.25) is 0 Å². The van der Waals surface area contributed by atoms with Gasteiger partial charge in [0.25, 0.3) is 0 Å². The van der Waals surface area contributed by atoms with Crippen molar-refractivity contribution in [2.24, 2.45) is 5.92 Å². The van der Waals surface area contributed by atoms with Crippen molar-refractivity contribution < 1.29 is 41.4 Å². The molecule has 0 aromatic rings. The molecule has 0 spiro atoms. The topological polar surface area (TPSA) is 148 Å². The Morgan fingerprint density at radius 1 is 1.08 bits per heavy atom. The largest absolute Gasteiger partial charge is 0.466 e. The molecular weight excluding hydrogens is 370 g/mol. The number of ketones is 1. The summed E-state index contributed by atoms with van der Waals surface area (Å²) in [6.07, 6.45) is 1.98. The Morgan fingerprint density at radius 3 is 1.96 bits per heavy atom. The van der Waals surface area contributed by atoms with Gasteiger partial charge in [0, 0.05) is 24.9 Å². The third-order valence-electron chi connectivity index (χ3n) is 4.21. The lowest BCUT2D eigenvalue weighted by atomic mass is 9.78. The minimum Gasteiger partial charge on any atom is -0.466 e. The van der Waals surface area contributed by atoms with E-state index in [9.17, 15) is 14.4 Å². The standard InChI is InChI=1S/C15H23NO5.H2O4S/c1-3-20-14(18)9-16-11-5-10(15(19)21-4-2)6-12(16)8-13(17)7-11;1-5(2,3)4/h10-12H,3-9H2,1-2H3;(H2,1,2,3,4). The molecule has 0 amide bonds. The van der Waals surface area contributed by atoms with Gasteiger partial charge in [0.15, 0.2) is 0 Å². The summed E-state index contributed by atoms with van der Waals surface area (Å²) < 4.78 is 41.7. The van der Waals surface area contributed by atoms with Gasteiger partial charge in [-0.3, -0.25) is 28.4 Å². The number of hydrogen-bond donors (Lipinski definition) is 2. The fraction of sp³-hybridized carbons (Fsp3) is 0.800. The van der Waals surface area contributed by atoms with Crippen molar-refractivity contribution in [1.29, 1.82) is 0 Å². The first kappa shape index (κ1) is 22.5. The predicted molar refractivity (Wildman–Crippen MR) is 88.7 cm³/mol. The number of ether oxygens (including phenoxy) is 2. The van der Waals surface area contributed by atoms with E-state index >= 15 is 0 Å². The number of piperidine rings is 2. The van der Waals surface area contributed by atoms with Crippen molar-refractivity contribution in [1.82, 2.24) is 4.90 Å². The molecule has 2 saturated heterocycles. The van der Waals surface area contributed by atoms with Gasteiger partial charge in [-0.25, -0.2) is 0 Å². The Balaban J connectivity index is 0.000000597. The van der Waals surface area contributed by atoms with Gasteiger partial charge in [-0.1, -0.05) is 0 Å². The average Bonchev–Trinajstić information content (AvgIpc) is 2.46. The van der Waals surface area contributed by atoms with E-state index in [1.807, 2.05) is 4.90 Å².